The highest BCUT2D eigenvalue weighted by molar-refractivity contribution is 9.11. The minimum Gasteiger partial charge on any atom is -0.444 e. The van der Waals surface area contributed by atoms with E-state index >= 15 is 0 Å². The molecule has 106 valence electrons. The summed E-state index contributed by atoms with van der Waals surface area (Å²) in [6, 6.07) is 0. The zero-order valence-electron chi connectivity index (χ0n) is 11.4. The van der Waals surface area contributed by atoms with E-state index in [2.05, 4.69) is 25.8 Å². The van der Waals surface area contributed by atoms with Crippen LogP contribution in [0.15, 0.2) is 10.1 Å². The van der Waals surface area contributed by atoms with E-state index in [0.29, 0.717) is 13.1 Å². The minimum absolute atomic E-state index is 0.224. The summed E-state index contributed by atoms with van der Waals surface area (Å²) in [4.78, 5) is 20.1. The van der Waals surface area contributed by atoms with E-state index in [-0.39, 0.29) is 6.09 Å². The van der Waals surface area contributed by atoms with Crippen LogP contribution in [0.1, 0.15) is 20.8 Å². The second kappa shape index (κ2) is 5.66. The highest BCUT2D eigenvalue weighted by Crippen LogP contribution is 2.27. The van der Waals surface area contributed by atoms with Crippen LogP contribution in [0.4, 0.5) is 9.80 Å². The molecule has 1 aromatic heterocycles. The number of hydrogen-bond donors (Lipinski definition) is 0. The Kier molecular flexibility index (Phi) is 4.35. The molecule has 1 fully saturated rings. The monoisotopic (exact) mass is 347 g/mol. The minimum atomic E-state index is -0.434. The summed E-state index contributed by atoms with van der Waals surface area (Å²) >= 11 is 4.97. The summed E-state index contributed by atoms with van der Waals surface area (Å²) in [6.45, 7) is 8.65. The maximum atomic E-state index is 11.9. The highest BCUT2D eigenvalue weighted by Gasteiger charge is 2.26. The van der Waals surface area contributed by atoms with Crippen LogP contribution in [0.5, 0.6) is 0 Å². The SMILES string of the molecule is CC(C)(C)OC(=O)N1CCN(c2cnc(Br)s2)CC1. The van der Waals surface area contributed by atoms with Crippen LogP contribution in [0.2, 0.25) is 0 Å². The van der Waals surface area contributed by atoms with Crippen LogP contribution in [0, 0.1) is 0 Å². The number of piperazine rings is 1. The molecule has 0 unspecified atom stereocenters. The molecule has 0 spiro atoms. The molecule has 1 aliphatic heterocycles. The van der Waals surface area contributed by atoms with Crippen molar-refractivity contribution in [1.82, 2.24) is 9.88 Å². The molecule has 1 aromatic rings. The molecule has 1 amide bonds. The highest BCUT2D eigenvalue weighted by atomic mass is 79.9. The van der Waals surface area contributed by atoms with Gasteiger partial charge in [0.05, 0.1) is 6.20 Å². The van der Waals surface area contributed by atoms with Crippen molar-refractivity contribution in [3.63, 3.8) is 0 Å². The van der Waals surface area contributed by atoms with Crippen LogP contribution in [0.3, 0.4) is 0 Å². The maximum absolute atomic E-state index is 11.9. The lowest BCUT2D eigenvalue weighted by molar-refractivity contribution is 0.0241. The molecule has 19 heavy (non-hydrogen) atoms. The second-order valence-electron chi connectivity index (χ2n) is 5.41. The molecule has 0 bridgehead atoms. The van der Waals surface area contributed by atoms with Gasteiger partial charge in [0.25, 0.3) is 0 Å². The predicted molar refractivity (Wildman–Crippen MR) is 79.8 cm³/mol. The summed E-state index contributed by atoms with van der Waals surface area (Å²) in [7, 11) is 0. The third kappa shape index (κ3) is 4.07. The first-order chi connectivity index (χ1) is 8.85. The lowest BCUT2D eigenvalue weighted by Gasteiger charge is -2.35. The largest absolute Gasteiger partial charge is 0.444 e. The Morgan fingerprint density at radius 1 is 1.37 bits per heavy atom. The number of halogens is 1. The van der Waals surface area contributed by atoms with Gasteiger partial charge in [-0.3, -0.25) is 0 Å². The van der Waals surface area contributed by atoms with Crippen molar-refractivity contribution in [3.8, 4) is 0 Å². The van der Waals surface area contributed by atoms with Crippen LogP contribution in [0.25, 0.3) is 0 Å². The van der Waals surface area contributed by atoms with Gasteiger partial charge in [-0.25, -0.2) is 9.78 Å². The third-order valence-electron chi connectivity index (χ3n) is 2.71. The molecule has 0 radical (unpaired) electrons. The van der Waals surface area contributed by atoms with Gasteiger partial charge in [-0.15, -0.1) is 0 Å². The van der Waals surface area contributed by atoms with Gasteiger partial charge in [0.15, 0.2) is 3.92 Å². The lowest BCUT2D eigenvalue weighted by atomic mass is 10.2. The second-order valence-corrected chi connectivity index (χ2v) is 7.69. The van der Waals surface area contributed by atoms with Crippen molar-refractivity contribution in [3.05, 3.63) is 10.1 Å². The Labute approximate surface area is 125 Å². The van der Waals surface area contributed by atoms with Crippen LogP contribution < -0.4 is 4.90 Å². The molecular weight excluding hydrogens is 330 g/mol. The Bertz CT molecular complexity index is 450. The van der Waals surface area contributed by atoms with Gasteiger partial charge in [-0.05, 0) is 36.7 Å². The molecule has 0 aromatic carbocycles. The lowest BCUT2D eigenvalue weighted by Crippen LogP contribution is -2.49. The smallest absolute Gasteiger partial charge is 0.410 e. The summed E-state index contributed by atoms with van der Waals surface area (Å²) in [5.41, 5.74) is -0.434. The first-order valence-corrected chi connectivity index (χ1v) is 7.80. The molecular formula is C12H18BrN3O2S. The topological polar surface area (TPSA) is 45.7 Å². The van der Waals surface area contributed by atoms with E-state index in [4.69, 9.17) is 4.74 Å². The number of anilines is 1. The predicted octanol–water partition coefficient (Wildman–Crippen LogP) is 2.96. The van der Waals surface area contributed by atoms with E-state index in [1.54, 1.807) is 16.2 Å². The number of carbonyl (C=O) groups excluding carboxylic acids is 1. The number of ether oxygens (including phenoxy) is 1. The normalized spacial score (nSPS) is 16.6. The Hall–Kier alpha value is -0.820. The van der Waals surface area contributed by atoms with E-state index < -0.39 is 5.60 Å². The molecule has 0 atom stereocenters. The number of aromatic nitrogens is 1. The summed E-state index contributed by atoms with van der Waals surface area (Å²) in [5, 5.41) is 1.13. The standard InChI is InChI=1S/C12H18BrN3O2S/c1-12(2,3)18-11(17)16-6-4-15(5-7-16)9-8-14-10(13)19-9/h8H,4-7H2,1-3H3. The Balaban J connectivity index is 1.87. The third-order valence-corrected chi connectivity index (χ3v) is 4.25. The van der Waals surface area contributed by atoms with Gasteiger partial charge in [0.1, 0.15) is 10.6 Å². The van der Waals surface area contributed by atoms with Crippen molar-refractivity contribution in [2.24, 2.45) is 0 Å². The maximum Gasteiger partial charge on any atom is 0.410 e. The van der Waals surface area contributed by atoms with Gasteiger partial charge in [0, 0.05) is 26.2 Å². The number of amides is 1. The van der Waals surface area contributed by atoms with Crippen LogP contribution >= 0.6 is 27.3 Å². The summed E-state index contributed by atoms with van der Waals surface area (Å²) in [6.07, 6.45) is 1.63. The number of hydrogen-bond acceptors (Lipinski definition) is 5. The first-order valence-electron chi connectivity index (χ1n) is 6.19. The summed E-state index contributed by atoms with van der Waals surface area (Å²) in [5.74, 6) is 0. The quantitative estimate of drug-likeness (QED) is 0.783. The average molecular weight is 348 g/mol. The molecule has 0 saturated carbocycles. The molecule has 1 saturated heterocycles. The van der Waals surface area contributed by atoms with Crippen molar-refractivity contribution in [2.45, 2.75) is 26.4 Å². The van der Waals surface area contributed by atoms with Crippen molar-refractivity contribution in [2.75, 3.05) is 31.1 Å². The zero-order chi connectivity index (χ0) is 14.0. The number of nitrogens with zero attached hydrogens (tertiary/aromatic N) is 3. The number of carbonyl (C=O) groups is 1. The van der Waals surface area contributed by atoms with Gasteiger partial charge in [-0.1, -0.05) is 11.3 Å². The van der Waals surface area contributed by atoms with Crippen molar-refractivity contribution < 1.29 is 9.53 Å². The molecule has 1 aliphatic rings. The number of thiazole rings is 1. The van der Waals surface area contributed by atoms with Crippen molar-refractivity contribution >= 4 is 38.4 Å². The van der Waals surface area contributed by atoms with Crippen molar-refractivity contribution in [1.29, 1.82) is 0 Å². The first kappa shape index (κ1) is 14.6. The molecule has 5 nitrogen and oxygen atoms in total. The number of rotatable bonds is 1. The van der Waals surface area contributed by atoms with Gasteiger partial charge >= 0.3 is 6.09 Å². The van der Waals surface area contributed by atoms with E-state index in [0.717, 1.165) is 22.0 Å². The molecule has 0 N–H and O–H groups in total. The molecule has 0 aliphatic carbocycles. The molecule has 2 heterocycles. The zero-order valence-corrected chi connectivity index (χ0v) is 13.8. The van der Waals surface area contributed by atoms with Gasteiger partial charge in [-0.2, -0.15) is 0 Å². The molecule has 7 heteroatoms. The van der Waals surface area contributed by atoms with E-state index in [1.807, 2.05) is 27.0 Å². The van der Waals surface area contributed by atoms with Crippen LogP contribution in [-0.4, -0.2) is 47.8 Å². The van der Waals surface area contributed by atoms with E-state index in [1.165, 1.54) is 0 Å². The van der Waals surface area contributed by atoms with Crippen LogP contribution in [-0.2, 0) is 4.74 Å². The van der Waals surface area contributed by atoms with Gasteiger partial charge in [0.2, 0.25) is 0 Å². The van der Waals surface area contributed by atoms with E-state index in [9.17, 15) is 4.79 Å². The Morgan fingerprint density at radius 2 is 2.00 bits per heavy atom. The fourth-order valence-electron chi connectivity index (χ4n) is 1.83. The van der Waals surface area contributed by atoms with Gasteiger partial charge < -0.3 is 14.5 Å². The Morgan fingerprint density at radius 3 is 2.47 bits per heavy atom. The fraction of sp³-hybridized carbons (Fsp3) is 0.667. The summed E-state index contributed by atoms with van der Waals surface area (Å²) < 4.78 is 6.26. The molecule has 2 rings (SSSR count). The fourth-order valence-corrected chi connectivity index (χ4v) is 3.12. The average Bonchev–Trinajstić information content (AvgIpc) is 2.74.